The predicted octanol–water partition coefficient (Wildman–Crippen LogP) is 17.4. The van der Waals surface area contributed by atoms with Gasteiger partial charge in [-0.1, -0.05) is 204 Å². The molecule has 6 heteroatoms. The third-order valence-electron chi connectivity index (χ3n) is 10.0. The minimum Gasteiger partial charge on any atom is -0.462 e. The van der Waals surface area contributed by atoms with Gasteiger partial charge in [0.15, 0.2) is 6.10 Å². The van der Waals surface area contributed by atoms with Gasteiger partial charge >= 0.3 is 17.9 Å². The minimum atomic E-state index is -0.863. The number of ether oxygens (including phenoxy) is 3. The maximum atomic E-state index is 12.7. The van der Waals surface area contributed by atoms with Crippen LogP contribution in [-0.2, 0) is 28.6 Å². The molecular formula is C61H92O6. The maximum Gasteiger partial charge on any atom is 0.310 e. The van der Waals surface area contributed by atoms with Crippen molar-refractivity contribution >= 4 is 17.9 Å². The molecule has 1 atom stereocenters. The third kappa shape index (κ3) is 51.9. The molecule has 0 aromatic carbocycles. The standard InChI is InChI=1S/C61H92O6/c1-4-7-10-13-16-19-22-25-28-29-30-31-34-36-39-42-45-48-51-54-60(63)66-57-58(67-61(64)55-52-49-46-43-40-37-33-27-24-21-18-15-12-9-6-3)56-65-59(62)53-50-47-44-41-38-35-32-26-23-20-17-14-11-8-5-2/h7-12,16-21,25-28,30-33,38,40-41,43,49,52,58H,4-6,13-15,22-24,29,34-37,39,42,44-48,50-51,53-57H2,1-3H3/b10-7-,11-8-,12-9-,19-16-,20-17-,21-18-,28-25-,31-30-,32-26-,33-27-,41-38-,43-40-,52-49-. The van der Waals surface area contributed by atoms with Crippen LogP contribution in [0.2, 0.25) is 0 Å². The summed E-state index contributed by atoms with van der Waals surface area (Å²) in [5.74, 6) is -1.15. The van der Waals surface area contributed by atoms with Crippen LogP contribution in [0.25, 0.3) is 0 Å². The fourth-order valence-corrected chi connectivity index (χ4v) is 6.26. The number of allylic oxidation sites excluding steroid dienone is 25. The van der Waals surface area contributed by atoms with Gasteiger partial charge in [0, 0.05) is 12.8 Å². The third-order valence-corrected chi connectivity index (χ3v) is 10.0. The van der Waals surface area contributed by atoms with E-state index in [2.05, 4.69) is 167 Å². The fraction of sp³-hybridized carbons (Fsp3) is 0.525. The van der Waals surface area contributed by atoms with Gasteiger partial charge in [-0.3, -0.25) is 14.4 Å². The highest BCUT2D eigenvalue weighted by Gasteiger charge is 2.19. The molecule has 1 unspecified atom stereocenters. The van der Waals surface area contributed by atoms with Crippen molar-refractivity contribution in [2.45, 2.75) is 194 Å². The zero-order valence-electron chi connectivity index (χ0n) is 42.3. The van der Waals surface area contributed by atoms with Crippen molar-refractivity contribution in [3.63, 3.8) is 0 Å². The molecule has 0 radical (unpaired) electrons. The highest BCUT2D eigenvalue weighted by molar-refractivity contribution is 5.72. The first-order chi connectivity index (χ1) is 33.0. The molecule has 0 aromatic heterocycles. The molecule has 0 amide bonds. The molecule has 0 aliphatic rings. The second kappa shape index (κ2) is 53.6. The number of unbranched alkanes of at least 4 members (excludes halogenated alkanes) is 8. The number of esters is 3. The van der Waals surface area contributed by atoms with Gasteiger partial charge in [0.25, 0.3) is 0 Å². The van der Waals surface area contributed by atoms with E-state index in [1.165, 1.54) is 12.8 Å². The summed E-state index contributed by atoms with van der Waals surface area (Å²) >= 11 is 0. The van der Waals surface area contributed by atoms with Gasteiger partial charge in [-0.25, -0.2) is 0 Å². The Balaban J connectivity index is 4.61. The van der Waals surface area contributed by atoms with Crippen molar-refractivity contribution in [1.29, 1.82) is 0 Å². The van der Waals surface area contributed by atoms with E-state index in [1.54, 1.807) is 6.08 Å². The summed E-state index contributed by atoms with van der Waals surface area (Å²) in [7, 11) is 0. The lowest BCUT2D eigenvalue weighted by molar-refractivity contribution is -0.166. The van der Waals surface area contributed by atoms with Gasteiger partial charge in [0.1, 0.15) is 13.2 Å². The SMILES string of the molecule is CC/C=C\C/C=C\C/C=C\C/C=C\C/C=C\CC(=O)OC(COC(=O)CCCC/C=C\C/C=C\C/C=C\C/C=C\CC)COC(=O)CCCCCCCC/C=C\C/C=C\C/C=C\C/C=C\CC. The average molecular weight is 921 g/mol. The van der Waals surface area contributed by atoms with E-state index in [4.69, 9.17) is 14.2 Å². The normalized spacial score (nSPS) is 13.4. The first kappa shape index (κ1) is 62.0. The van der Waals surface area contributed by atoms with E-state index in [9.17, 15) is 14.4 Å². The van der Waals surface area contributed by atoms with Crippen LogP contribution in [0.15, 0.2) is 158 Å². The lowest BCUT2D eigenvalue weighted by Gasteiger charge is -2.18. The van der Waals surface area contributed by atoms with Crippen LogP contribution in [-0.4, -0.2) is 37.2 Å². The highest BCUT2D eigenvalue weighted by atomic mass is 16.6. The summed E-state index contributed by atoms with van der Waals surface area (Å²) in [5, 5.41) is 0. The van der Waals surface area contributed by atoms with Crippen LogP contribution in [0.1, 0.15) is 188 Å². The van der Waals surface area contributed by atoms with Gasteiger partial charge in [-0.15, -0.1) is 0 Å². The summed E-state index contributed by atoms with van der Waals surface area (Å²) in [4.78, 5) is 38.0. The fourth-order valence-electron chi connectivity index (χ4n) is 6.26. The molecule has 0 saturated heterocycles. The van der Waals surface area contributed by atoms with Gasteiger partial charge in [-0.2, -0.15) is 0 Å². The summed E-state index contributed by atoms with van der Waals surface area (Å²) in [6.07, 6.45) is 78.2. The Hall–Kier alpha value is -4.97. The van der Waals surface area contributed by atoms with Crippen LogP contribution in [0.5, 0.6) is 0 Å². The highest BCUT2D eigenvalue weighted by Crippen LogP contribution is 2.11. The molecule has 0 rings (SSSR count). The Morgan fingerprint density at radius 2 is 0.582 bits per heavy atom. The quantitative estimate of drug-likeness (QED) is 0.0262. The number of hydrogen-bond acceptors (Lipinski definition) is 6. The molecule has 0 heterocycles. The molecule has 0 aliphatic heterocycles. The Morgan fingerprint density at radius 3 is 0.940 bits per heavy atom. The molecule has 67 heavy (non-hydrogen) atoms. The van der Waals surface area contributed by atoms with Crippen LogP contribution in [0.3, 0.4) is 0 Å². The Labute approximate surface area is 409 Å². The van der Waals surface area contributed by atoms with Crippen LogP contribution >= 0.6 is 0 Å². The van der Waals surface area contributed by atoms with Crippen molar-refractivity contribution in [2.75, 3.05) is 13.2 Å². The Morgan fingerprint density at radius 1 is 0.313 bits per heavy atom. The van der Waals surface area contributed by atoms with Gasteiger partial charge in [-0.05, 0) is 122 Å². The average Bonchev–Trinajstić information content (AvgIpc) is 3.33. The van der Waals surface area contributed by atoms with E-state index >= 15 is 0 Å². The molecule has 0 aliphatic carbocycles. The Bertz CT molecular complexity index is 1570. The van der Waals surface area contributed by atoms with Gasteiger partial charge in [0.05, 0.1) is 6.42 Å². The molecule has 0 saturated carbocycles. The van der Waals surface area contributed by atoms with E-state index in [1.807, 2.05) is 6.08 Å². The van der Waals surface area contributed by atoms with Gasteiger partial charge < -0.3 is 14.2 Å². The van der Waals surface area contributed by atoms with Crippen molar-refractivity contribution in [3.05, 3.63) is 158 Å². The molecule has 0 bridgehead atoms. The molecule has 0 N–H and O–H groups in total. The summed E-state index contributed by atoms with van der Waals surface area (Å²) in [6.45, 7) is 6.13. The van der Waals surface area contributed by atoms with Crippen molar-refractivity contribution < 1.29 is 28.6 Å². The second-order valence-corrected chi connectivity index (χ2v) is 16.3. The maximum absolute atomic E-state index is 12.7. The number of carbonyl (C=O) groups is 3. The van der Waals surface area contributed by atoms with Crippen LogP contribution < -0.4 is 0 Å². The topological polar surface area (TPSA) is 78.9 Å². The number of carbonyl (C=O) groups excluding carboxylic acids is 3. The van der Waals surface area contributed by atoms with Crippen LogP contribution in [0.4, 0.5) is 0 Å². The zero-order valence-corrected chi connectivity index (χ0v) is 42.3. The lowest BCUT2D eigenvalue weighted by atomic mass is 10.1. The van der Waals surface area contributed by atoms with Crippen LogP contribution in [0, 0.1) is 0 Å². The lowest BCUT2D eigenvalue weighted by Crippen LogP contribution is -2.30. The smallest absolute Gasteiger partial charge is 0.310 e. The summed E-state index contributed by atoms with van der Waals surface area (Å²) in [5.41, 5.74) is 0. The van der Waals surface area contributed by atoms with Crippen molar-refractivity contribution in [3.8, 4) is 0 Å². The largest absolute Gasteiger partial charge is 0.462 e. The van der Waals surface area contributed by atoms with E-state index in [-0.39, 0.29) is 38.0 Å². The predicted molar refractivity (Wildman–Crippen MR) is 288 cm³/mol. The minimum absolute atomic E-state index is 0.0760. The van der Waals surface area contributed by atoms with E-state index in [0.717, 1.165) is 122 Å². The Kier molecular flexibility index (Phi) is 49.7. The first-order valence-corrected chi connectivity index (χ1v) is 26.0. The number of rotatable bonds is 44. The zero-order chi connectivity index (χ0) is 48.6. The summed E-state index contributed by atoms with van der Waals surface area (Å²) < 4.78 is 16.6. The second-order valence-electron chi connectivity index (χ2n) is 16.3. The molecule has 6 nitrogen and oxygen atoms in total. The molecule has 0 fully saturated rings. The monoisotopic (exact) mass is 921 g/mol. The molecule has 0 aromatic rings. The molecule has 372 valence electrons. The number of hydrogen-bond donors (Lipinski definition) is 0. The molecule has 0 spiro atoms. The summed E-state index contributed by atoms with van der Waals surface area (Å²) in [6, 6.07) is 0. The van der Waals surface area contributed by atoms with Gasteiger partial charge in [0.2, 0.25) is 0 Å². The van der Waals surface area contributed by atoms with Crippen molar-refractivity contribution in [2.24, 2.45) is 0 Å². The van der Waals surface area contributed by atoms with Crippen molar-refractivity contribution in [1.82, 2.24) is 0 Å². The first-order valence-electron chi connectivity index (χ1n) is 26.0. The molecular weight excluding hydrogens is 829 g/mol. The van der Waals surface area contributed by atoms with E-state index in [0.29, 0.717) is 19.3 Å². The van der Waals surface area contributed by atoms with E-state index < -0.39 is 12.1 Å².